The van der Waals surface area contributed by atoms with Crippen molar-refractivity contribution < 1.29 is 93.7 Å². The van der Waals surface area contributed by atoms with Gasteiger partial charge in [0.05, 0.1) is 19.8 Å². The molecule has 0 aliphatic carbocycles. The van der Waals surface area contributed by atoms with Gasteiger partial charge in [0, 0.05) is 31.2 Å². The molecule has 0 spiro atoms. The molecule has 10 heteroatoms. The molecular formula is C22H40N2Na2O6. The maximum Gasteiger partial charge on any atom is 1.00 e. The van der Waals surface area contributed by atoms with E-state index in [4.69, 9.17) is 4.74 Å². The SMILES string of the molecule is CCCCCCCCCCCC1=[N+](CCOCCC(=O)[O-])CCN1CCC(=O)[O-].[Na+].[Na+].[OH-]. The second-order valence-corrected chi connectivity index (χ2v) is 7.83. The van der Waals surface area contributed by atoms with E-state index >= 15 is 0 Å². The molecule has 0 saturated carbocycles. The van der Waals surface area contributed by atoms with Crippen LogP contribution in [0.5, 0.6) is 0 Å². The molecule has 0 aromatic heterocycles. The van der Waals surface area contributed by atoms with Crippen LogP contribution < -0.4 is 69.3 Å². The van der Waals surface area contributed by atoms with Crippen molar-refractivity contribution in [2.24, 2.45) is 0 Å². The number of carboxylic acids is 2. The second kappa shape index (κ2) is 24.5. The number of nitrogens with zero attached hydrogens (tertiary/aromatic N) is 2. The topological polar surface area (TPSA) is 126 Å². The van der Waals surface area contributed by atoms with Gasteiger partial charge in [0.25, 0.3) is 0 Å². The average Bonchev–Trinajstić information content (AvgIpc) is 3.06. The van der Waals surface area contributed by atoms with E-state index in [1.807, 2.05) is 0 Å². The minimum atomic E-state index is -1.10. The van der Waals surface area contributed by atoms with Gasteiger partial charge in [-0.3, -0.25) is 9.48 Å². The van der Waals surface area contributed by atoms with Crippen molar-refractivity contribution in [1.82, 2.24) is 4.90 Å². The summed E-state index contributed by atoms with van der Waals surface area (Å²) in [4.78, 5) is 23.4. The van der Waals surface area contributed by atoms with Crippen molar-refractivity contribution >= 4 is 17.8 Å². The minimum absolute atomic E-state index is 0. The maximum atomic E-state index is 10.8. The molecule has 0 aromatic rings. The third-order valence-electron chi connectivity index (χ3n) is 5.42. The number of ether oxygens (including phenoxy) is 1. The van der Waals surface area contributed by atoms with Crippen LogP contribution in [0.3, 0.4) is 0 Å². The fourth-order valence-corrected chi connectivity index (χ4v) is 3.75. The third-order valence-corrected chi connectivity index (χ3v) is 5.42. The molecule has 8 nitrogen and oxygen atoms in total. The summed E-state index contributed by atoms with van der Waals surface area (Å²) < 4.78 is 7.64. The smallest absolute Gasteiger partial charge is 0.870 e. The zero-order valence-electron chi connectivity index (χ0n) is 20.6. The molecule has 0 amide bonds. The van der Waals surface area contributed by atoms with E-state index < -0.39 is 11.9 Å². The molecule has 176 valence electrons. The molecule has 0 bridgehead atoms. The Balaban J connectivity index is -0.00000280. The van der Waals surface area contributed by atoms with E-state index in [-0.39, 0.29) is 84.0 Å². The van der Waals surface area contributed by atoms with Crippen molar-refractivity contribution in [1.29, 1.82) is 0 Å². The molecular weight excluding hydrogens is 434 g/mol. The first-order valence-corrected chi connectivity index (χ1v) is 11.4. The van der Waals surface area contributed by atoms with Gasteiger partial charge in [0.2, 0.25) is 5.84 Å². The first-order chi connectivity index (χ1) is 14.0. The van der Waals surface area contributed by atoms with Crippen molar-refractivity contribution in [3.8, 4) is 0 Å². The van der Waals surface area contributed by atoms with Crippen LogP contribution >= 0.6 is 0 Å². The zero-order chi connectivity index (χ0) is 21.3. The predicted molar refractivity (Wildman–Crippen MR) is 110 cm³/mol. The van der Waals surface area contributed by atoms with Gasteiger partial charge in [0.15, 0.2) is 0 Å². The number of amidine groups is 1. The van der Waals surface area contributed by atoms with Crippen molar-refractivity contribution in [2.45, 2.75) is 84.0 Å². The first-order valence-electron chi connectivity index (χ1n) is 11.4. The van der Waals surface area contributed by atoms with E-state index in [1.54, 1.807) is 0 Å². The molecule has 0 saturated heterocycles. The molecule has 1 rings (SSSR count). The number of unbranched alkanes of at least 4 members (excludes halogenated alkanes) is 8. The second-order valence-electron chi connectivity index (χ2n) is 7.83. The largest absolute Gasteiger partial charge is 1.00 e. The minimum Gasteiger partial charge on any atom is -0.870 e. The normalized spacial score (nSPS) is 12.7. The van der Waals surface area contributed by atoms with E-state index in [9.17, 15) is 19.8 Å². The van der Waals surface area contributed by atoms with Gasteiger partial charge in [0.1, 0.15) is 19.6 Å². The van der Waals surface area contributed by atoms with Gasteiger partial charge >= 0.3 is 59.1 Å². The Kier molecular flexibility index (Phi) is 28.2. The monoisotopic (exact) mass is 474 g/mol. The molecule has 32 heavy (non-hydrogen) atoms. The van der Waals surface area contributed by atoms with Gasteiger partial charge in [-0.05, 0) is 6.42 Å². The number of carbonyl (C=O) groups excluding carboxylic acids is 2. The van der Waals surface area contributed by atoms with Gasteiger partial charge in [-0.15, -0.1) is 0 Å². The average molecular weight is 475 g/mol. The summed E-state index contributed by atoms with van der Waals surface area (Å²) in [6.07, 6.45) is 12.4. The Bertz CT molecular complexity index is 521. The standard InChI is InChI=1S/C22H40N2O5.2Na.H2O/c1-2-3-4-5-6-7-8-9-10-11-20-23(14-12-21(25)26)15-16-24(20)17-19-29-18-13-22(27)28;;;/h2-19H2,1H3,(H-,25,26,27,28);;;1H2/q;2*+1;/p-2. The van der Waals surface area contributed by atoms with Crippen molar-refractivity contribution in [2.75, 3.05) is 39.4 Å². The van der Waals surface area contributed by atoms with E-state index in [0.29, 0.717) is 19.7 Å². The fourth-order valence-electron chi connectivity index (χ4n) is 3.75. The number of aliphatic carboxylic acids is 2. The van der Waals surface area contributed by atoms with Gasteiger partial charge in [-0.1, -0.05) is 58.3 Å². The third kappa shape index (κ3) is 18.7. The molecule has 1 heterocycles. The van der Waals surface area contributed by atoms with Crippen LogP contribution in [0.15, 0.2) is 0 Å². The summed E-state index contributed by atoms with van der Waals surface area (Å²) >= 11 is 0. The maximum absolute atomic E-state index is 10.8. The molecule has 0 aromatic carbocycles. The van der Waals surface area contributed by atoms with Crippen LogP contribution in [0.2, 0.25) is 0 Å². The molecule has 0 unspecified atom stereocenters. The number of rotatable bonds is 19. The number of hydrogen-bond acceptors (Lipinski definition) is 7. The summed E-state index contributed by atoms with van der Waals surface area (Å²) in [6, 6.07) is 0. The van der Waals surface area contributed by atoms with Crippen LogP contribution in [0.4, 0.5) is 0 Å². The zero-order valence-corrected chi connectivity index (χ0v) is 24.6. The van der Waals surface area contributed by atoms with Crippen LogP contribution in [0.1, 0.15) is 84.0 Å². The van der Waals surface area contributed by atoms with Crippen LogP contribution in [-0.2, 0) is 14.3 Å². The van der Waals surface area contributed by atoms with Gasteiger partial charge in [-0.2, -0.15) is 0 Å². The predicted octanol–water partition coefficient (Wildman–Crippen LogP) is -5.24. The van der Waals surface area contributed by atoms with Gasteiger partial charge in [-0.25, -0.2) is 0 Å². The van der Waals surface area contributed by atoms with E-state index in [0.717, 1.165) is 25.9 Å². The fraction of sp³-hybridized carbons (Fsp3) is 0.864. The van der Waals surface area contributed by atoms with Gasteiger partial charge < -0.3 is 30.0 Å². The van der Waals surface area contributed by atoms with Crippen LogP contribution in [0, 0.1) is 0 Å². The molecule has 1 N–H and O–H groups in total. The molecule has 1 aliphatic heterocycles. The summed E-state index contributed by atoms with van der Waals surface area (Å²) in [5, 5.41) is 21.3. The number of carbonyl (C=O) groups is 2. The molecule has 0 radical (unpaired) electrons. The van der Waals surface area contributed by atoms with Crippen LogP contribution in [0.25, 0.3) is 0 Å². The van der Waals surface area contributed by atoms with Crippen molar-refractivity contribution in [3.05, 3.63) is 0 Å². The Morgan fingerprint density at radius 3 is 2.03 bits per heavy atom. The Morgan fingerprint density at radius 1 is 0.906 bits per heavy atom. The Labute approximate surface area is 238 Å². The Hall–Kier alpha value is 0.330. The molecule has 0 fully saturated rings. The molecule has 1 aliphatic rings. The Morgan fingerprint density at radius 2 is 1.47 bits per heavy atom. The summed E-state index contributed by atoms with van der Waals surface area (Å²) in [5.74, 6) is -0.925. The number of carboxylic acid groups (broad SMARTS) is 2. The van der Waals surface area contributed by atoms with Crippen molar-refractivity contribution in [3.63, 3.8) is 0 Å². The summed E-state index contributed by atoms with van der Waals surface area (Å²) in [6.45, 7) is 5.71. The van der Waals surface area contributed by atoms with Crippen LogP contribution in [-0.4, -0.2) is 72.1 Å². The van der Waals surface area contributed by atoms with E-state index in [1.165, 1.54) is 57.2 Å². The number of hydrogen-bond donors (Lipinski definition) is 0. The summed E-state index contributed by atoms with van der Waals surface area (Å²) in [5.41, 5.74) is 0. The quantitative estimate of drug-likeness (QED) is 0.104. The summed E-state index contributed by atoms with van der Waals surface area (Å²) in [7, 11) is 0. The van der Waals surface area contributed by atoms with E-state index in [2.05, 4.69) is 16.4 Å². The molecule has 0 atom stereocenters. The first kappa shape index (κ1) is 36.9.